The Morgan fingerprint density at radius 2 is 1.75 bits per heavy atom. The Kier molecular flexibility index (Phi) is 7.17. The molecule has 1 aromatic carbocycles. The first kappa shape index (κ1) is 21.4. The van der Waals surface area contributed by atoms with Gasteiger partial charge in [0.25, 0.3) is 0 Å². The summed E-state index contributed by atoms with van der Waals surface area (Å²) in [5, 5.41) is 3.53. The van der Waals surface area contributed by atoms with Gasteiger partial charge in [0.2, 0.25) is 0 Å². The molecular weight excluding hydrogens is 380 g/mol. The Morgan fingerprint density at radius 1 is 1.11 bits per heavy atom. The van der Waals surface area contributed by atoms with E-state index < -0.39 is 26.9 Å². The Labute approximate surface area is 164 Å². The molecule has 0 aliphatic carbocycles. The van der Waals surface area contributed by atoms with Crippen molar-refractivity contribution >= 4 is 21.7 Å². The lowest BCUT2D eigenvalue weighted by Gasteiger charge is -2.17. The van der Waals surface area contributed by atoms with E-state index in [2.05, 4.69) is 17.2 Å². The molecule has 0 spiro atoms. The number of benzene rings is 1. The maximum atomic E-state index is 13.1. The van der Waals surface area contributed by atoms with Gasteiger partial charge in [0.15, 0.2) is 9.84 Å². The summed E-state index contributed by atoms with van der Waals surface area (Å²) in [5.41, 5.74) is 1.01. The first-order valence-electron chi connectivity index (χ1n) is 8.81. The molecule has 2 N–H and O–H groups in total. The first-order chi connectivity index (χ1) is 13.3. The standard InChI is InChI=1S/C20H24N2O5S/c1-4-11-21-19(23)20(24)22-13-18(17-6-5-12-27-17)28(25,26)16-9-7-15(8-10-16)14(2)3/h4-10,12,14,18H,1,11,13H2,2-3H3,(H,21,23)(H,22,24)/t18-/m1/s1. The van der Waals surface area contributed by atoms with Gasteiger partial charge in [0, 0.05) is 13.1 Å². The molecule has 0 unspecified atom stereocenters. The van der Waals surface area contributed by atoms with E-state index in [9.17, 15) is 18.0 Å². The van der Waals surface area contributed by atoms with Gasteiger partial charge in [-0.25, -0.2) is 8.42 Å². The highest BCUT2D eigenvalue weighted by Crippen LogP contribution is 2.29. The lowest BCUT2D eigenvalue weighted by molar-refractivity contribution is -0.139. The van der Waals surface area contributed by atoms with E-state index in [4.69, 9.17) is 4.42 Å². The molecule has 1 atom stereocenters. The van der Waals surface area contributed by atoms with Crippen molar-refractivity contribution < 1.29 is 22.4 Å². The number of hydrogen-bond acceptors (Lipinski definition) is 5. The van der Waals surface area contributed by atoms with Crippen LogP contribution < -0.4 is 10.6 Å². The molecule has 2 rings (SSSR count). The largest absolute Gasteiger partial charge is 0.468 e. The molecule has 2 amide bonds. The molecule has 0 aliphatic heterocycles. The van der Waals surface area contributed by atoms with Crippen molar-refractivity contribution in [2.75, 3.05) is 13.1 Å². The third-order valence-corrected chi connectivity index (χ3v) is 6.25. The number of hydrogen-bond donors (Lipinski definition) is 2. The fourth-order valence-electron chi connectivity index (χ4n) is 2.56. The molecule has 7 nitrogen and oxygen atoms in total. The van der Waals surface area contributed by atoms with Gasteiger partial charge >= 0.3 is 11.8 Å². The summed E-state index contributed by atoms with van der Waals surface area (Å²) in [6, 6.07) is 9.70. The predicted octanol–water partition coefficient (Wildman–Crippen LogP) is 2.34. The Morgan fingerprint density at radius 3 is 2.29 bits per heavy atom. The van der Waals surface area contributed by atoms with Gasteiger partial charge in [0.05, 0.1) is 11.2 Å². The number of sulfone groups is 1. The van der Waals surface area contributed by atoms with Gasteiger partial charge in [0.1, 0.15) is 11.0 Å². The van der Waals surface area contributed by atoms with Crippen molar-refractivity contribution in [2.24, 2.45) is 0 Å². The normalized spacial score (nSPS) is 12.4. The highest BCUT2D eigenvalue weighted by molar-refractivity contribution is 7.91. The zero-order chi connectivity index (χ0) is 20.7. The lowest BCUT2D eigenvalue weighted by atomic mass is 10.0. The summed E-state index contributed by atoms with van der Waals surface area (Å²) in [6.07, 6.45) is 2.79. The highest BCUT2D eigenvalue weighted by atomic mass is 32.2. The molecule has 0 aliphatic rings. The van der Waals surface area contributed by atoms with E-state index in [1.165, 1.54) is 18.4 Å². The summed E-state index contributed by atoms with van der Waals surface area (Å²) >= 11 is 0. The molecular formula is C20H24N2O5S. The second-order valence-corrected chi connectivity index (χ2v) is 8.61. The van der Waals surface area contributed by atoms with Gasteiger partial charge in [-0.3, -0.25) is 9.59 Å². The molecule has 150 valence electrons. The average Bonchev–Trinajstić information content (AvgIpc) is 3.20. The van der Waals surface area contributed by atoms with Crippen LogP contribution in [0.4, 0.5) is 0 Å². The second kappa shape index (κ2) is 9.36. The fourth-order valence-corrected chi connectivity index (χ4v) is 4.14. The number of furan rings is 1. The van der Waals surface area contributed by atoms with E-state index in [0.717, 1.165) is 5.56 Å². The SMILES string of the molecule is C=CCNC(=O)C(=O)NC[C@H](c1ccco1)S(=O)(=O)c1ccc(C(C)C)cc1. The van der Waals surface area contributed by atoms with Crippen LogP contribution in [0, 0.1) is 0 Å². The molecule has 0 fully saturated rings. The number of nitrogens with one attached hydrogen (secondary N) is 2. The third-order valence-electron chi connectivity index (χ3n) is 4.17. The van der Waals surface area contributed by atoms with Crippen LogP contribution in [0.25, 0.3) is 0 Å². The molecule has 0 bridgehead atoms. The van der Waals surface area contributed by atoms with Crippen LogP contribution in [0.1, 0.15) is 36.3 Å². The van der Waals surface area contributed by atoms with E-state index in [-0.39, 0.29) is 29.7 Å². The minimum absolute atomic E-state index is 0.114. The van der Waals surface area contributed by atoms with Crippen LogP contribution in [0.3, 0.4) is 0 Å². The maximum Gasteiger partial charge on any atom is 0.309 e. The second-order valence-electron chi connectivity index (χ2n) is 6.48. The summed E-state index contributed by atoms with van der Waals surface area (Å²) in [6.45, 7) is 7.31. The number of amides is 2. The van der Waals surface area contributed by atoms with Gasteiger partial charge in [-0.05, 0) is 35.7 Å². The molecule has 28 heavy (non-hydrogen) atoms. The van der Waals surface area contributed by atoms with Crippen molar-refractivity contribution in [1.29, 1.82) is 0 Å². The first-order valence-corrected chi connectivity index (χ1v) is 10.4. The smallest absolute Gasteiger partial charge is 0.309 e. The molecule has 0 saturated carbocycles. The summed E-state index contributed by atoms with van der Waals surface area (Å²) in [5.74, 6) is -1.34. The summed E-state index contributed by atoms with van der Waals surface area (Å²) in [7, 11) is -3.86. The Balaban J connectivity index is 2.24. The van der Waals surface area contributed by atoms with E-state index in [0.29, 0.717) is 0 Å². The van der Waals surface area contributed by atoms with E-state index in [1.54, 1.807) is 30.3 Å². The summed E-state index contributed by atoms with van der Waals surface area (Å²) < 4.78 is 31.6. The van der Waals surface area contributed by atoms with Crippen LogP contribution >= 0.6 is 0 Å². The third kappa shape index (κ3) is 5.10. The monoisotopic (exact) mass is 404 g/mol. The van der Waals surface area contributed by atoms with Crippen LogP contribution in [0.2, 0.25) is 0 Å². The fraction of sp³-hybridized carbons (Fsp3) is 0.300. The minimum Gasteiger partial charge on any atom is -0.468 e. The Bertz CT molecular complexity index is 916. The quantitative estimate of drug-likeness (QED) is 0.519. The topological polar surface area (TPSA) is 105 Å². The van der Waals surface area contributed by atoms with Crippen molar-refractivity contribution in [3.05, 3.63) is 66.6 Å². The minimum atomic E-state index is -3.86. The van der Waals surface area contributed by atoms with Gasteiger partial charge in [-0.2, -0.15) is 0 Å². The maximum absolute atomic E-state index is 13.1. The number of carbonyl (C=O) groups is 2. The van der Waals surface area contributed by atoms with Crippen molar-refractivity contribution in [3.8, 4) is 0 Å². The zero-order valence-electron chi connectivity index (χ0n) is 15.8. The molecule has 1 aromatic heterocycles. The van der Waals surface area contributed by atoms with Crippen LogP contribution in [0.15, 0.2) is 64.6 Å². The van der Waals surface area contributed by atoms with Crippen LogP contribution in [-0.4, -0.2) is 33.3 Å². The van der Waals surface area contributed by atoms with Gasteiger partial charge in [-0.15, -0.1) is 6.58 Å². The molecule has 8 heteroatoms. The van der Waals surface area contributed by atoms with Crippen LogP contribution in [-0.2, 0) is 19.4 Å². The molecule has 2 aromatic rings. The van der Waals surface area contributed by atoms with Gasteiger partial charge in [-0.1, -0.05) is 32.1 Å². The molecule has 0 radical (unpaired) electrons. The van der Waals surface area contributed by atoms with Crippen molar-refractivity contribution in [2.45, 2.75) is 29.9 Å². The lowest BCUT2D eigenvalue weighted by Crippen LogP contribution is -2.42. The predicted molar refractivity (Wildman–Crippen MR) is 105 cm³/mol. The number of rotatable bonds is 8. The zero-order valence-corrected chi connectivity index (χ0v) is 16.7. The molecule has 0 saturated heterocycles. The van der Waals surface area contributed by atoms with Crippen LogP contribution in [0.5, 0.6) is 0 Å². The molecule has 1 heterocycles. The Hall–Kier alpha value is -2.87. The number of carbonyl (C=O) groups excluding carboxylic acids is 2. The van der Waals surface area contributed by atoms with E-state index in [1.807, 2.05) is 13.8 Å². The average molecular weight is 404 g/mol. The van der Waals surface area contributed by atoms with Gasteiger partial charge < -0.3 is 15.1 Å². The highest BCUT2D eigenvalue weighted by Gasteiger charge is 2.32. The van der Waals surface area contributed by atoms with Crippen molar-refractivity contribution in [3.63, 3.8) is 0 Å². The van der Waals surface area contributed by atoms with E-state index >= 15 is 0 Å². The summed E-state index contributed by atoms with van der Waals surface area (Å²) in [4.78, 5) is 23.7. The van der Waals surface area contributed by atoms with Crippen molar-refractivity contribution in [1.82, 2.24) is 10.6 Å².